The number of likely N-dealkylation sites (N-methyl/N-ethyl adjacent to an activating group) is 1. The fraction of sp³-hybridized carbons (Fsp3) is 0.846. The van der Waals surface area contributed by atoms with E-state index in [2.05, 4.69) is 11.9 Å². The predicted molar refractivity (Wildman–Crippen MR) is 68.8 cm³/mol. The van der Waals surface area contributed by atoms with Crippen LogP contribution in [0.15, 0.2) is 0 Å². The second-order valence-electron chi connectivity index (χ2n) is 5.51. The zero-order valence-electron chi connectivity index (χ0n) is 11.5. The normalized spacial score (nSPS) is 29.4. The van der Waals surface area contributed by atoms with E-state index in [1.54, 1.807) is 11.9 Å². The van der Waals surface area contributed by atoms with Gasteiger partial charge in [0, 0.05) is 13.1 Å². The van der Waals surface area contributed by atoms with Crippen molar-refractivity contribution in [1.29, 1.82) is 0 Å². The molecule has 2 aliphatic heterocycles. The maximum absolute atomic E-state index is 12.3. The highest BCUT2D eigenvalue weighted by Crippen LogP contribution is 2.23. The van der Waals surface area contributed by atoms with Crippen LogP contribution in [-0.2, 0) is 14.3 Å². The van der Waals surface area contributed by atoms with Gasteiger partial charge < -0.3 is 19.6 Å². The largest absolute Gasteiger partial charge is 0.479 e. The Morgan fingerprint density at radius 1 is 1.16 bits per heavy atom. The maximum Gasteiger partial charge on any atom is 0.332 e. The first-order valence-electron chi connectivity index (χ1n) is 6.82. The quantitative estimate of drug-likeness (QED) is 0.791. The van der Waals surface area contributed by atoms with Crippen molar-refractivity contribution in [2.24, 2.45) is 0 Å². The summed E-state index contributed by atoms with van der Waals surface area (Å²) in [7, 11) is 3.88. The molecule has 2 heterocycles. The molecular weight excluding hydrogens is 248 g/mol. The molecule has 0 saturated carbocycles. The first-order valence-corrected chi connectivity index (χ1v) is 6.82. The summed E-state index contributed by atoms with van der Waals surface area (Å²) in [5.74, 6) is -1.05. The lowest BCUT2D eigenvalue weighted by Gasteiger charge is -2.36. The molecule has 108 valence electrons. The number of hydrogen-bond acceptors (Lipinski definition) is 4. The summed E-state index contributed by atoms with van der Waals surface area (Å²) in [5, 5.41) is 8.87. The van der Waals surface area contributed by atoms with Crippen molar-refractivity contribution in [2.75, 3.05) is 27.2 Å². The van der Waals surface area contributed by atoms with Crippen molar-refractivity contribution in [3.05, 3.63) is 0 Å². The molecule has 0 aromatic carbocycles. The van der Waals surface area contributed by atoms with E-state index in [4.69, 9.17) is 9.84 Å². The first kappa shape index (κ1) is 14.3. The van der Waals surface area contributed by atoms with Crippen LogP contribution < -0.4 is 0 Å². The van der Waals surface area contributed by atoms with Crippen LogP contribution in [-0.4, -0.2) is 72.2 Å². The molecule has 6 heteroatoms. The average Bonchev–Trinajstić information content (AvgIpc) is 2.87. The van der Waals surface area contributed by atoms with Gasteiger partial charge >= 0.3 is 5.97 Å². The van der Waals surface area contributed by atoms with Crippen LogP contribution in [0.5, 0.6) is 0 Å². The smallest absolute Gasteiger partial charge is 0.332 e. The molecule has 19 heavy (non-hydrogen) atoms. The molecule has 0 aliphatic carbocycles. The number of rotatable bonds is 3. The van der Waals surface area contributed by atoms with Gasteiger partial charge in [0.25, 0.3) is 5.91 Å². The van der Waals surface area contributed by atoms with Crippen molar-refractivity contribution in [2.45, 2.75) is 43.9 Å². The first-order chi connectivity index (χ1) is 8.99. The van der Waals surface area contributed by atoms with Crippen molar-refractivity contribution < 1.29 is 19.4 Å². The lowest BCUT2D eigenvalue weighted by Crippen LogP contribution is -2.47. The molecule has 0 aromatic heterocycles. The number of hydrogen-bond donors (Lipinski definition) is 1. The van der Waals surface area contributed by atoms with E-state index in [1.807, 2.05) is 0 Å². The summed E-state index contributed by atoms with van der Waals surface area (Å²) in [5.41, 5.74) is 0. The molecule has 0 unspecified atom stereocenters. The minimum absolute atomic E-state index is 0.0710. The SMILES string of the molecule is CN1CCC(N(C)C(=O)[C@@H]2CC[C@H](C(=O)O)O2)CC1. The highest BCUT2D eigenvalue weighted by atomic mass is 16.5. The summed E-state index contributed by atoms with van der Waals surface area (Å²) in [6, 6.07) is 0.246. The lowest BCUT2D eigenvalue weighted by atomic mass is 10.0. The Morgan fingerprint density at radius 2 is 1.74 bits per heavy atom. The minimum Gasteiger partial charge on any atom is -0.479 e. The number of carbonyl (C=O) groups excluding carboxylic acids is 1. The molecule has 0 radical (unpaired) electrons. The van der Waals surface area contributed by atoms with Gasteiger partial charge in [-0.25, -0.2) is 4.79 Å². The summed E-state index contributed by atoms with van der Waals surface area (Å²) in [6.45, 7) is 1.98. The Balaban J connectivity index is 1.87. The Labute approximate surface area is 113 Å². The summed E-state index contributed by atoms with van der Waals surface area (Å²) >= 11 is 0. The Bertz CT molecular complexity index is 353. The molecule has 1 amide bonds. The number of nitrogens with zero attached hydrogens (tertiary/aromatic N) is 2. The second-order valence-corrected chi connectivity index (χ2v) is 5.51. The van der Waals surface area contributed by atoms with E-state index in [1.165, 1.54) is 0 Å². The van der Waals surface area contributed by atoms with Gasteiger partial charge in [0.05, 0.1) is 0 Å². The number of carboxylic acids is 1. The van der Waals surface area contributed by atoms with Crippen LogP contribution in [0.1, 0.15) is 25.7 Å². The number of amides is 1. The third-order valence-electron chi connectivity index (χ3n) is 4.15. The average molecular weight is 270 g/mol. The highest BCUT2D eigenvalue weighted by molar-refractivity contribution is 5.82. The van der Waals surface area contributed by atoms with Crippen molar-refractivity contribution in [3.8, 4) is 0 Å². The third-order valence-corrected chi connectivity index (χ3v) is 4.15. The zero-order valence-corrected chi connectivity index (χ0v) is 11.5. The molecular formula is C13H22N2O4. The number of carboxylic acid groups (broad SMARTS) is 1. The molecule has 0 spiro atoms. The van der Waals surface area contributed by atoms with Crippen LogP contribution in [0, 0.1) is 0 Å². The Hall–Kier alpha value is -1.14. The molecule has 2 fully saturated rings. The molecule has 2 saturated heterocycles. The molecule has 6 nitrogen and oxygen atoms in total. The minimum atomic E-state index is -0.975. The van der Waals surface area contributed by atoms with Gasteiger partial charge in [-0.3, -0.25) is 4.79 Å². The summed E-state index contributed by atoms with van der Waals surface area (Å²) in [4.78, 5) is 27.1. The summed E-state index contributed by atoms with van der Waals surface area (Å²) in [6.07, 6.45) is 1.46. The van der Waals surface area contributed by atoms with Crippen LogP contribution in [0.2, 0.25) is 0 Å². The molecule has 0 bridgehead atoms. The van der Waals surface area contributed by atoms with E-state index >= 15 is 0 Å². The number of aliphatic carboxylic acids is 1. The number of likely N-dealkylation sites (tertiary alicyclic amines) is 1. The van der Waals surface area contributed by atoms with Gasteiger partial charge in [0.1, 0.15) is 6.10 Å². The standard InChI is InChI=1S/C13H22N2O4/c1-14-7-5-9(6-8-14)15(2)12(16)10-3-4-11(19-10)13(17)18/h9-11H,3-8H2,1-2H3,(H,17,18)/t10-,11+/m0/s1. The van der Waals surface area contributed by atoms with Crippen LogP contribution in [0.3, 0.4) is 0 Å². The van der Waals surface area contributed by atoms with E-state index in [-0.39, 0.29) is 11.9 Å². The number of carbonyl (C=O) groups is 2. The van der Waals surface area contributed by atoms with Crippen molar-refractivity contribution >= 4 is 11.9 Å². The van der Waals surface area contributed by atoms with Gasteiger partial charge in [0.15, 0.2) is 6.10 Å². The molecule has 1 N–H and O–H groups in total. The van der Waals surface area contributed by atoms with Crippen LogP contribution >= 0.6 is 0 Å². The van der Waals surface area contributed by atoms with Gasteiger partial charge in [-0.05, 0) is 45.8 Å². The van der Waals surface area contributed by atoms with Gasteiger partial charge in [-0.15, -0.1) is 0 Å². The number of piperidine rings is 1. The van der Waals surface area contributed by atoms with E-state index in [0.29, 0.717) is 12.8 Å². The second kappa shape index (κ2) is 5.88. The maximum atomic E-state index is 12.3. The fourth-order valence-electron chi connectivity index (χ4n) is 2.79. The molecule has 2 rings (SSSR count). The third kappa shape index (κ3) is 3.25. The van der Waals surface area contributed by atoms with E-state index in [0.717, 1.165) is 25.9 Å². The van der Waals surface area contributed by atoms with Gasteiger partial charge in [-0.2, -0.15) is 0 Å². The fourth-order valence-corrected chi connectivity index (χ4v) is 2.79. The van der Waals surface area contributed by atoms with Crippen molar-refractivity contribution in [1.82, 2.24) is 9.80 Å². The molecule has 0 aromatic rings. The zero-order chi connectivity index (χ0) is 14.0. The predicted octanol–water partition coefficient (Wildman–Crippen LogP) is 0.171. The van der Waals surface area contributed by atoms with E-state index < -0.39 is 18.2 Å². The molecule has 2 atom stereocenters. The summed E-state index contributed by atoms with van der Waals surface area (Å²) < 4.78 is 5.32. The Morgan fingerprint density at radius 3 is 2.26 bits per heavy atom. The van der Waals surface area contributed by atoms with E-state index in [9.17, 15) is 9.59 Å². The lowest BCUT2D eigenvalue weighted by molar-refractivity contribution is -0.155. The van der Waals surface area contributed by atoms with Crippen molar-refractivity contribution in [3.63, 3.8) is 0 Å². The monoisotopic (exact) mass is 270 g/mol. The van der Waals surface area contributed by atoms with Crippen LogP contribution in [0.4, 0.5) is 0 Å². The van der Waals surface area contributed by atoms with Gasteiger partial charge in [0.2, 0.25) is 0 Å². The topological polar surface area (TPSA) is 70.1 Å². The van der Waals surface area contributed by atoms with Crippen LogP contribution in [0.25, 0.3) is 0 Å². The Kier molecular flexibility index (Phi) is 4.42. The molecule has 2 aliphatic rings. The highest BCUT2D eigenvalue weighted by Gasteiger charge is 2.37. The van der Waals surface area contributed by atoms with Gasteiger partial charge in [-0.1, -0.05) is 0 Å². The number of ether oxygens (including phenoxy) is 1.